The zero-order chi connectivity index (χ0) is 15.9. The van der Waals surface area contributed by atoms with Gasteiger partial charge in [-0.15, -0.1) is 0 Å². The van der Waals surface area contributed by atoms with Crippen LogP contribution in [0.25, 0.3) is 5.65 Å². The van der Waals surface area contributed by atoms with Crippen molar-refractivity contribution in [2.45, 2.75) is 20.8 Å². The van der Waals surface area contributed by atoms with Gasteiger partial charge in [-0.25, -0.2) is 14.0 Å². The van der Waals surface area contributed by atoms with Crippen LogP contribution in [0.1, 0.15) is 16.7 Å². The molecule has 112 valence electrons. The predicted octanol–water partition coefficient (Wildman–Crippen LogP) is 2.00. The molecular formula is C18H19N3O. The number of fused-ring (bicyclic) bond motifs is 1. The minimum absolute atomic E-state index is 0.0742. The summed E-state index contributed by atoms with van der Waals surface area (Å²) in [7, 11) is 1.92. The Morgan fingerprint density at radius 3 is 2.41 bits per heavy atom. The third-order valence-electron chi connectivity index (χ3n) is 3.88. The zero-order valence-electron chi connectivity index (χ0n) is 13.3. The van der Waals surface area contributed by atoms with Crippen molar-refractivity contribution in [2.24, 2.45) is 12.0 Å². The second-order valence-electron chi connectivity index (χ2n) is 5.69. The van der Waals surface area contributed by atoms with Crippen LogP contribution in [0, 0.1) is 20.8 Å². The molecule has 0 bridgehead atoms. The first-order chi connectivity index (χ1) is 10.5. The van der Waals surface area contributed by atoms with Gasteiger partial charge in [0.05, 0.1) is 24.8 Å². The maximum atomic E-state index is 12.3. The van der Waals surface area contributed by atoms with Gasteiger partial charge in [0.15, 0.2) is 0 Å². The van der Waals surface area contributed by atoms with Gasteiger partial charge >= 0.3 is 0 Å². The maximum absolute atomic E-state index is 12.3. The number of benzene rings is 1. The maximum Gasteiger partial charge on any atom is 0.286 e. The van der Waals surface area contributed by atoms with Gasteiger partial charge in [0, 0.05) is 12.1 Å². The van der Waals surface area contributed by atoms with E-state index in [1.54, 1.807) is 16.7 Å². The zero-order valence-corrected chi connectivity index (χ0v) is 13.3. The van der Waals surface area contributed by atoms with E-state index in [9.17, 15) is 5.11 Å². The summed E-state index contributed by atoms with van der Waals surface area (Å²) < 4.78 is 3.55. The lowest BCUT2D eigenvalue weighted by atomic mass is 10.1. The van der Waals surface area contributed by atoms with Crippen molar-refractivity contribution in [3.05, 3.63) is 64.8 Å². The van der Waals surface area contributed by atoms with Gasteiger partial charge in [0.25, 0.3) is 5.65 Å². The smallest absolute Gasteiger partial charge is 0.286 e. The van der Waals surface area contributed by atoms with E-state index in [2.05, 4.69) is 19.1 Å². The summed E-state index contributed by atoms with van der Waals surface area (Å²) >= 11 is 0. The molecule has 0 radical (unpaired) electrons. The summed E-state index contributed by atoms with van der Waals surface area (Å²) in [6.45, 7) is 6.17. The Hall–Kier alpha value is -2.62. The van der Waals surface area contributed by atoms with Crippen molar-refractivity contribution in [1.29, 1.82) is 0 Å². The first kappa shape index (κ1) is 14.3. The molecule has 0 saturated carbocycles. The van der Waals surface area contributed by atoms with Crippen LogP contribution in [-0.2, 0) is 7.05 Å². The van der Waals surface area contributed by atoms with Gasteiger partial charge in [-0.05, 0) is 38.0 Å². The summed E-state index contributed by atoms with van der Waals surface area (Å²) in [6, 6.07) is 11.5. The Balaban J connectivity index is 2.34. The number of aromatic nitrogens is 2. The fraction of sp³-hybridized carbons (Fsp3) is 0.222. The first-order valence-electron chi connectivity index (χ1n) is 7.27. The van der Waals surface area contributed by atoms with E-state index in [-0.39, 0.29) is 5.88 Å². The number of hydrogen-bond donors (Lipinski definition) is 0. The molecule has 3 aromatic rings. The van der Waals surface area contributed by atoms with E-state index in [0.717, 1.165) is 22.5 Å². The Morgan fingerprint density at radius 1 is 1.05 bits per heavy atom. The molecule has 0 aliphatic heterocycles. The van der Waals surface area contributed by atoms with Crippen molar-refractivity contribution >= 4 is 11.3 Å². The molecular weight excluding hydrogens is 274 g/mol. The average Bonchev–Trinajstić information content (AvgIpc) is 2.47. The lowest BCUT2D eigenvalue weighted by Crippen LogP contribution is -2.35. The molecule has 0 fully saturated rings. The third kappa shape index (κ3) is 2.37. The van der Waals surface area contributed by atoms with Crippen molar-refractivity contribution in [1.82, 2.24) is 4.57 Å². The average molecular weight is 293 g/mol. The summed E-state index contributed by atoms with van der Waals surface area (Å²) in [6.07, 6.45) is 1.77. The van der Waals surface area contributed by atoms with E-state index >= 15 is 0 Å². The molecule has 0 unspecified atom stereocenters. The minimum atomic E-state index is -0.0742. The van der Waals surface area contributed by atoms with Gasteiger partial charge in [-0.1, -0.05) is 23.8 Å². The van der Waals surface area contributed by atoms with E-state index in [0.29, 0.717) is 5.49 Å². The quantitative estimate of drug-likeness (QED) is 0.633. The molecule has 0 saturated heterocycles. The Morgan fingerprint density at radius 2 is 1.73 bits per heavy atom. The van der Waals surface area contributed by atoms with E-state index in [4.69, 9.17) is 4.99 Å². The van der Waals surface area contributed by atoms with E-state index < -0.39 is 0 Å². The second-order valence-corrected chi connectivity index (χ2v) is 5.69. The predicted molar refractivity (Wildman–Crippen MR) is 83.9 cm³/mol. The molecule has 0 amide bonds. The highest BCUT2D eigenvalue weighted by Gasteiger charge is 2.08. The highest BCUT2D eigenvalue weighted by molar-refractivity contribution is 5.53. The van der Waals surface area contributed by atoms with Crippen LogP contribution in [0.3, 0.4) is 0 Å². The molecule has 0 atom stereocenters. The van der Waals surface area contributed by atoms with Gasteiger partial charge in [-0.3, -0.25) is 0 Å². The van der Waals surface area contributed by atoms with Crippen LogP contribution >= 0.6 is 0 Å². The molecule has 0 N–H and O–H groups in total. The Kier molecular flexibility index (Phi) is 3.45. The highest BCUT2D eigenvalue weighted by Crippen LogP contribution is 2.24. The van der Waals surface area contributed by atoms with Crippen LogP contribution in [-0.4, -0.2) is 4.57 Å². The third-order valence-corrected chi connectivity index (χ3v) is 3.88. The van der Waals surface area contributed by atoms with Crippen molar-refractivity contribution in [3.63, 3.8) is 0 Å². The molecule has 0 aliphatic rings. The highest BCUT2D eigenvalue weighted by atomic mass is 16.3. The molecule has 1 aromatic carbocycles. The summed E-state index contributed by atoms with van der Waals surface area (Å²) in [5, 5.41) is 12.3. The minimum Gasteiger partial charge on any atom is -0.842 e. The molecule has 2 heterocycles. The number of hydrogen-bond acceptors (Lipinski definition) is 2. The van der Waals surface area contributed by atoms with Crippen molar-refractivity contribution in [3.8, 4) is 5.88 Å². The summed E-state index contributed by atoms with van der Waals surface area (Å²) in [5.74, 6) is -0.0742. The van der Waals surface area contributed by atoms with Crippen molar-refractivity contribution in [2.75, 3.05) is 0 Å². The van der Waals surface area contributed by atoms with Gasteiger partial charge in [0.2, 0.25) is 5.49 Å². The molecule has 0 spiro atoms. The molecule has 0 aliphatic carbocycles. The van der Waals surface area contributed by atoms with Crippen LogP contribution in [0.15, 0.2) is 47.6 Å². The second kappa shape index (κ2) is 5.30. The molecule has 22 heavy (non-hydrogen) atoms. The standard InChI is InChI=1S/C18H19N3O/c1-12-9-13(2)18(14(3)10-12)19-15-11-17(22)21-8-6-5-7-16(21)20(15)4/h5-11H,1-4H3. The topological polar surface area (TPSA) is 44.5 Å². The lowest BCUT2D eigenvalue weighted by molar-refractivity contribution is -0.588. The Bertz CT molecular complexity index is 916. The normalized spacial score (nSPS) is 12.1. The SMILES string of the molecule is Cc1cc(C)c(N=c2cc([O-])[n+]3ccccc3n2C)c(C)c1. The first-order valence-corrected chi connectivity index (χ1v) is 7.27. The monoisotopic (exact) mass is 293 g/mol. The number of aryl methyl sites for hydroxylation is 4. The van der Waals surface area contributed by atoms with Gasteiger partial charge < -0.3 is 5.11 Å². The molecule has 4 heteroatoms. The van der Waals surface area contributed by atoms with Crippen LogP contribution in [0.4, 0.5) is 5.69 Å². The van der Waals surface area contributed by atoms with E-state index in [1.165, 1.54) is 5.56 Å². The van der Waals surface area contributed by atoms with Gasteiger partial charge in [0.1, 0.15) is 0 Å². The lowest BCUT2D eigenvalue weighted by Gasteiger charge is -2.09. The van der Waals surface area contributed by atoms with Crippen molar-refractivity contribution < 1.29 is 9.51 Å². The summed E-state index contributed by atoms with van der Waals surface area (Å²) in [5.41, 5.74) is 5.86. The van der Waals surface area contributed by atoms with Crippen LogP contribution in [0.2, 0.25) is 0 Å². The summed E-state index contributed by atoms with van der Waals surface area (Å²) in [4.78, 5) is 4.74. The molecule has 4 nitrogen and oxygen atoms in total. The number of rotatable bonds is 1. The fourth-order valence-corrected chi connectivity index (χ4v) is 2.86. The largest absolute Gasteiger partial charge is 0.842 e. The van der Waals surface area contributed by atoms with E-state index in [1.807, 2.05) is 43.7 Å². The molecule has 3 rings (SSSR count). The number of nitrogens with zero attached hydrogens (tertiary/aromatic N) is 3. The van der Waals surface area contributed by atoms with Crippen LogP contribution in [0.5, 0.6) is 5.88 Å². The number of pyridine rings is 1. The Labute approximate surface area is 129 Å². The molecule has 2 aromatic heterocycles. The van der Waals surface area contributed by atoms with Crippen LogP contribution < -0.4 is 15.0 Å². The van der Waals surface area contributed by atoms with Gasteiger partial charge in [-0.2, -0.15) is 0 Å². The fourth-order valence-electron chi connectivity index (χ4n) is 2.86.